The maximum Gasteiger partial charge on any atom is 0.310 e. The van der Waals surface area contributed by atoms with Crippen LogP contribution in [0.1, 0.15) is 29.9 Å². The van der Waals surface area contributed by atoms with Crippen molar-refractivity contribution in [2.75, 3.05) is 0 Å². The first kappa shape index (κ1) is 12.0. The third kappa shape index (κ3) is 2.14. The van der Waals surface area contributed by atoms with Crippen LogP contribution in [0, 0.1) is 0 Å². The number of benzene rings is 2. The Hall–Kier alpha value is -2.09. The summed E-state index contributed by atoms with van der Waals surface area (Å²) in [5.74, 6) is -1.10. The lowest BCUT2D eigenvalue weighted by Gasteiger charge is -2.22. The van der Waals surface area contributed by atoms with Crippen molar-refractivity contribution in [1.29, 1.82) is 0 Å². The van der Waals surface area contributed by atoms with Gasteiger partial charge in [-0.25, -0.2) is 0 Å². The van der Waals surface area contributed by atoms with E-state index in [1.165, 1.54) is 11.1 Å². The second kappa shape index (κ2) is 4.88. The minimum absolute atomic E-state index is 0.385. The Bertz CT molecular complexity index is 616. The first-order valence-electron chi connectivity index (χ1n) is 6.67. The summed E-state index contributed by atoms with van der Waals surface area (Å²) in [6.45, 7) is 0. The van der Waals surface area contributed by atoms with Gasteiger partial charge in [0.1, 0.15) is 0 Å². The van der Waals surface area contributed by atoms with Crippen LogP contribution < -0.4 is 0 Å². The van der Waals surface area contributed by atoms with E-state index in [9.17, 15) is 9.90 Å². The van der Waals surface area contributed by atoms with Crippen molar-refractivity contribution in [3.8, 4) is 11.1 Å². The SMILES string of the molecule is O=C(O)C1CCCc2ccccc2-c2ccccc21. The van der Waals surface area contributed by atoms with Crippen LogP contribution in [0.25, 0.3) is 11.1 Å². The molecular weight excluding hydrogens is 236 g/mol. The zero-order chi connectivity index (χ0) is 13.2. The summed E-state index contributed by atoms with van der Waals surface area (Å²) in [7, 11) is 0. The van der Waals surface area contributed by atoms with E-state index >= 15 is 0 Å². The largest absolute Gasteiger partial charge is 0.481 e. The van der Waals surface area contributed by atoms with Crippen LogP contribution in [0.5, 0.6) is 0 Å². The first-order chi connectivity index (χ1) is 9.27. The van der Waals surface area contributed by atoms with Gasteiger partial charge in [-0.1, -0.05) is 48.5 Å². The molecule has 0 saturated carbocycles. The molecule has 1 atom stereocenters. The van der Waals surface area contributed by atoms with E-state index in [0.717, 1.165) is 24.0 Å². The molecule has 19 heavy (non-hydrogen) atoms. The van der Waals surface area contributed by atoms with E-state index in [4.69, 9.17) is 0 Å². The highest BCUT2D eigenvalue weighted by atomic mass is 16.4. The van der Waals surface area contributed by atoms with Crippen LogP contribution in [0.4, 0.5) is 0 Å². The molecule has 0 heterocycles. The molecular formula is C17H16O2. The number of hydrogen-bond acceptors (Lipinski definition) is 1. The fourth-order valence-electron chi connectivity index (χ4n) is 2.96. The van der Waals surface area contributed by atoms with E-state index in [2.05, 4.69) is 18.2 Å². The maximum absolute atomic E-state index is 11.5. The van der Waals surface area contributed by atoms with E-state index in [1.54, 1.807) is 0 Å². The molecule has 2 aromatic rings. The van der Waals surface area contributed by atoms with Crippen molar-refractivity contribution in [2.45, 2.75) is 25.2 Å². The first-order valence-corrected chi connectivity index (χ1v) is 6.67. The fourth-order valence-corrected chi connectivity index (χ4v) is 2.96. The molecule has 0 amide bonds. The summed E-state index contributed by atoms with van der Waals surface area (Å²) in [4.78, 5) is 11.5. The molecule has 0 aliphatic heterocycles. The number of rotatable bonds is 1. The van der Waals surface area contributed by atoms with Crippen LogP contribution >= 0.6 is 0 Å². The fraction of sp³-hybridized carbons (Fsp3) is 0.235. The van der Waals surface area contributed by atoms with E-state index in [0.29, 0.717) is 6.42 Å². The monoisotopic (exact) mass is 252 g/mol. The van der Waals surface area contributed by atoms with Gasteiger partial charge in [0.05, 0.1) is 5.92 Å². The summed E-state index contributed by atoms with van der Waals surface area (Å²) in [5.41, 5.74) is 4.52. The molecule has 1 aliphatic carbocycles. The molecule has 0 spiro atoms. The van der Waals surface area contributed by atoms with Gasteiger partial charge in [0.25, 0.3) is 0 Å². The van der Waals surface area contributed by atoms with Gasteiger partial charge in [0.15, 0.2) is 0 Å². The summed E-state index contributed by atoms with van der Waals surface area (Å²) < 4.78 is 0. The lowest BCUT2D eigenvalue weighted by Crippen LogP contribution is -2.15. The van der Waals surface area contributed by atoms with Gasteiger partial charge < -0.3 is 5.11 Å². The van der Waals surface area contributed by atoms with E-state index in [-0.39, 0.29) is 5.92 Å². The summed E-state index contributed by atoms with van der Waals surface area (Å²) >= 11 is 0. The number of carbonyl (C=O) groups is 1. The van der Waals surface area contributed by atoms with Gasteiger partial charge in [0, 0.05) is 0 Å². The molecule has 1 unspecified atom stereocenters. The molecule has 0 aromatic heterocycles. The highest BCUT2D eigenvalue weighted by Gasteiger charge is 2.25. The number of carboxylic acids is 1. The second-order valence-corrected chi connectivity index (χ2v) is 5.03. The molecule has 0 bridgehead atoms. The van der Waals surface area contributed by atoms with Gasteiger partial charge >= 0.3 is 5.97 Å². The van der Waals surface area contributed by atoms with Crippen LogP contribution in [0.3, 0.4) is 0 Å². The molecule has 2 nitrogen and oxygen atoms in total. The van der Waals surface area contributed by atoms with Crippen LogP contribution in [-0.2, 0) is 11.2 Å². The number of aliphatic carboxylic acids is 1. The van der Waals surface area contributed by atoms with Gasteiger partial charge in [-0.3, -0.25) is 4.79 Å². The van der Waals surface area contributed by atoms with Crippen molar-refractivity contribution < 1.29 is 9.90 Å². The average Bonchev–Trinajstić information content (AvgIpc) is 2.41. The van der Waals surface area contributed by atoms with Gasteiger partial charge in [-0.05, 0) is 41.5 Å². The normalized spacial score (nSPS) is 17.8. The molecule has 96 valence electrons. The summed E-state index contributed by atoms with van der Waals surface area (Å²) in [6.07, 6.45) is 2.58. The Kier molecular flexibility index (Phi) is 3.08. The van der Waals surface area contributed by atoms with Gasteiger partial charge in [0.2, 0.25) is 0 Å². The highest BCUT2D eigenvalue weighted by Crippen LogP contribution is 2.36. The molecule has 3 rings (SSSR count). The Morgan fingerprint density at radius 2 is 1.68 bits per heavy atom. The third-order valence-corrected chi connectivity index (χ3v) is 3.88. The molecule has 0 radical (unpaired) electrons. The van der Waals surface area contributed by atoms with Crippen molar-refractivity contribution in [1.82, 2.24) is 0 Å². The third-order valence-electron chi connectivity index (χ3n) is 3.88. The van der Waals surface area contributed by atoms with Gasteiger partial charge in [-0.2, -0.15) is 0 Å². The van der Waals surface area contributed by atoms with Crippen molar-refractivity contribution in [2.24, 2.45) is 0 Å². The molecule has 2 heteroatoms. The molecule has 1 N–H and O–H groups in total. The standard InChI is InChI=1S/C17H16O2/c18-17(19)16-11-5-7-12-6-1-2-8-13(12)14-9-3-4-10-15(14)16/h1-4,6,8-10,16H,5,7,11H2,(H,18,19). The predicted molar refractivity (Wildman–Crippen MR) is 75.2 cm³/mol. The quantitative estimate of drug-likeness (QED) is 0.836. The van der Waals surface area contributed by atoms with Crippen molar-refractivity contribution in [3.63, 3.8) is 0 Å². The smallest absolute Gasteiger partial charge is 0.310 e. The lowest BCUT2D eigenvalue weighted by molar-refractivity contribution is -0.139. The van der Waals surface area contributed by atoms with Crippen LogP contribution in [0.15, 0.2) is 48.5 Å². The Morgan fingerprint density at radius 1 is 1.00 bits per heavy atom. The Balaban J connectivity index is 2.23. The minimum Gasteiger partial charge on any atom is -0.481 e. The zero-order valence-corrected chi connectivity index (χ0v) is 10.7. The number of hydrogen-bond donors (Lipinski definition) is 1. The average molecular weight is 252 g/mol. The maximum atomic E-state index is 11.5. The molecule has 2 aromatic carbocycles. The molecule has 0 saturated heterocycles. The lowest BCUT2D eigenvalue weighted by atomic mass is 9.82. The number of fused-ring (bicyclic) bond motifs is 3. The zero-order valence-electron chi connectivity index (χ0n) is 10.7. The summed E-state index contributed by atoms with van der Waals surface area (Å²) in [6, 6.07) is 16.2. The van der Waals surface area contributed by atoms with Crippen LogP contribution in [-0.4, -0.2) is 11.1 Å². The van der Waals surface area contributed by atoms with Crippen molar-refractivity contribution >= 4 is 5.97 Å². The van der Waals surface area contributed by atoms with Crippen LogP contribution in [0.2, 0.25) is 0 Å². The highest BCUT2D eigenvalue weighted by molar-refractivity contribution is 5.82. The number of aryl methyl sites for hydroxylation is 1. The molecule has 1 aliphatic rings. The molecule has 0 fully saturated rings. The second-order valence-electron chi connectivity index (χ2n) is 5.03. The topological polar surface area (TPSA) is 37.3 Å². The number of carboxylic acid groups (broad SMARTS) is 1. The van der Waals surface area contributed by atoms with E-state index in [1.807, 2.05) is 30.3 Å². The predicted octanol–water partition coefficient (Wildman–Crippen LogP) is 3.86. The summed E-state index contributed by atoms with van der Waals surface area (Å²) in [5, 5.41) is 9.45. The van der Waals surface area contributed by atoms with Crippen molar-refractivity contribution in [3.05, 3.63) is 59.7 Å². The van der Waals surface area contributed by atoms with E-state index < -0.39 is 5.97 Å². The Labute approximate surface area is 112 Å². The minimum atomic E-state index is -0.716. The Morgan fingerprint density at radius 3 is 2.47 bits per heavy atom. The van der Waals surface area contributed by atoms with Gasteiger partial charge in [-0.15, -0.1) is 0 Å².